The summed E-state index contributed by atoms with van der Waals surface area (Å²) in [5, 5.41) is 13.4. The van der Waals surface area contributed by atoms with Gasteiger partial charge in [-0.1, -0.05) is 30.0 Å². The number of nitro benzene ring substituents is 1. The summed E-state index contributed by atoms with van der Waals surface area (Å²) in [6.07, 6.45) is 1.05. The largest absolute Gasteiger partial charge is 0.356 e. The van der Waals surface area contributed by atoms with Gasteiger partial charge in [-0.25, -0.2) is 0 Å². The number of anilines is 1. The zero-order valence-electron chi connectivity index (χ0n) is 16.0. The number of pyridine rings is 1. The Morgan fingerprint density at radius 3 is 2.70 bits per heavy atom. The molecule has 1 saturated heterocycles. The van der Waals surface area contributed by atoms with E-state index in [1.54, 1.807) is 6.07 Å². The van der Waals surface area contributed by atoms with Crippen molar-refractivity contribution in [2.45, 2.75) is 18.9 Å². The minimum absolute atomic E-state index is 0.0250. The number of nitrogens with one attached hydrogen (secondary N) is 1. The second-order valence-electron chi connectivity index (χ2n) is 7.51. The van der Waals surface area contributed by atoms with E-state index >= 15 is 0 Å². The molecule has 2 aliphatic rings. The van der Waals surface area contributed by atoms with Crippen molar-refractivity contribution in [3.63, 3.8) is 0 Å². The molecular formula is C20H20N4O4S2. The Labute approximate surface area is 182 Å². The highest BCUT2D eigenvalue weighted by molar-refractivity contribution is 8.23. The average Bonchev–Trinajstić information content (AvgIpc) is 2.73. The van der Waals surface area contributed by atoms with Crippen LogP contribution in [0.15, 0.2) is 47.3 Å². The van der Waals surface area contributed by atoms with Crippen LogP contribution in [0.5, 0.6) is 0 Å². The van der Waals surface area contributed by atoms with Crippen molar-refractivity contribution in [1.82, 2.24) is 9.47 Å². The molecule has 0 unspecified atom stereocenters. The highest BCUT2D eigenvalue weighted by Gasteiger charge is 2.35. The van der Waals surface area contributed by atoms with Gasteiger partial charge in [-0.3, -0.25) is 19.7 Å². The first-order valence-electron chi connectivity index (χ1n) is 9.56. The van der Waals surface area contributed by atoms with E-state index in [0.717, 1.165) is 25.2 Å². The molecule has 10 heteroatoms. The fourth-order valence-electron chi connectivity index (χ4n) is 4.13. The van der Waals surface area contributed by atoms with Crippen molar-refractivity contribution >= 4 is 45.6 Å². The number of hydrogen-bond donors (Lipinski definition) is 1. The molecule has 3 heterocycles. The van der Waals surface area contributed by atoms with Gasteiger partial charge in [0.2, 0.25) is 5.91 Å². The van der Waals surface area contributed by atoms with Crippen LogP contribution >= 0.6 is 24.0 Å². The number of nitro groups is 1. The monoisotopic (exact) mass is 444 g/mol. The minimum Gasteiger partial charge on any atom is -0.356 e. The highest BCUT2D eigenvalue weighted by atomic mass is 32.2. The zero-order valence-corrected chi connectivity index (χ0v) is 17.7. The van der Waals surface area contributed by atoms with Gasteiger partial charge in [-0.15, -0.1) is 0 Å². The number of fused-ring (bicyclic) bond motifs is 4. The number of hydrogen-bond acceptors (Lipinski definition) is 6. The number of rotatable bonds is 4. The van der Waals surface area contributed by atoms with Crippen LogP contribution in [0.1, 0.15) is 18.0 Å². The average molecular weight is 445 g/mol. The van der Waals surface area contributed by atoms with Gasteiger partial charge >= 0.3 is 0 Å². The number of carbonyl (C=O) groups excluding carboxylic acids is 1. The Hall–Kier alpha value is -2.72. The third-order valence-electron chi connectivity index (χ3n) is 5.43. The summed E-state index contributed by atoms with van der Waals surface area (Å²) in [7, 11) is 0. The number of carbonyl (C=O) groups is 1. The molecular weight excluding hydrogens is 424 g/mol. The van der Waals surface area contributed by atoms with Crippen LogP contribution < -0.4 is 10.9 Å². The number of benzene rings is 1. The molecule has 4 rings (SSSR count). The number of piperidine rings is 1. The number of thiocarbonyl (C=S) groups is 1. The number of thioether (sulfide) groups is 1. The lowest BCUT2D eigenvalue weighted by atomic mass is 9.83. The topological polar surface area (TPSA) is 97.5 Å². The van der Waals surface area contributed by atoms with Gasteiger partial charge in [0, 0.05) is 55.1 Å². The third kappa shape index (κ3) is 4.39. The molecule has 2 bridgehead atoms. The Balaban J connectivity index is 1.32. The molecule has 2 aromatic rings. The van der Waals surface area contributed by atoms with E-state index in [4.69, 9.17) is 12.2 Å². The second-order valence-corrected chi connectivity index (χ2v) is 9.12. The van der Waals surface area contributed by atoms with E-state index in [9.17, 15) is 19.7 Å². The Morgan fingerprint density at radius 1 is 1.20 bits per heavy atom. The van der Waals surface area contributed by atoms with Crippen LogP contribution in [-0.4, -0.2) is 43.5 Å². The molecule has 1 aromatic heterocycles. The van der Waals surface area contributed by atoms with Gasteiger partial charge < -0.3 is 14.8 Å². The number of nitrogens with zero attached hydrogens (tertiary/aromatic N) is 3. The van der Waals surface area contributed by atoms with Crippen LogP contribution in [0.4, 0.5) is 11.4 Å². The van der Waals surface area contributed by atoms with Crippen molar-refractivity contribution in [3.8, 4) is 0 Å². The van der Waals surface area contributed by atoms with Crippen molar-refractivity contribution in [3.05, 3.63) is 68.6 Å². The third-order valence-corrected chi connectivity index (χ3v) is 6.95. The van der Waals surface area contributed by atoms with Crippen molar-refractivity contribution in [2.75, 3.05) is 24.2 Å². The molecule has 1 fully saturated rings. The predicted octanol–water partition coefficient (Wildman–Crippen LogP) is 2.83. The summed E-state index contributed by atoms with van der Waals surface area (Å²) in [4.78, 5) is 36.7. The Morgan fingerprint density at radius 2 is 1.97 bits per heavy atom. The lowest BCUT2D eigenvalue weighted by Crippen LogP contribution is -2.48. The van der Waals surface area contributed by atoms with E-state index in [0.29, 0.717) is 22.5 Å². The fraction of sp³-hybridized carbons (Fsp3) is 0.350. The summed E-state index contributed by atoms with van der Waals surface area (Å²) in [5.74, 6) is 0.575. The predicted molar refractivity (Wildman–Crippen MR) is 120 cm³/mol. The zero-order chi connectivity index (χ0) is 21.3. The molecule has 1 aromatic carbocycles. The number of non-ortho nitro benzene ring substituents is 1. The van der Waals surface area contributed by atoms with E-state index in [-0.39, 0.29) is 28.8 Å². The molecule has 1 N–H and O–H groups in total. The van der Waals surface area contributed by atoms with Crippen molar-refractivity contribution in [1.29, 1.82) is 0 Å². The summed E-state index contributed by atoms with van der Waals surface area (Å²) >= 11 is 6.88. The molecule has 2 atom stereocenters. The normalized spacial score (nSPS) is 19.7. The first kappa shape index (κ1) is 20.5. The minimum atomic E-state index is -0.483. The Kier molecular flexibility index (Phi) is 5.87. The smallest absolute Gasteiger partial charge is 0.269 e. The summed E-state index contributed by atoms with van der Waals surface area (Å²) < 4.78 is 2.56. The quantitative estimate of drug-likeness (QED) is 0.440. The van der Waals surface area contributed by atoms with Gasteiger partial charge in [0.15, 0.2) is 0 Å². The second kappa shape index (κ2) is 8.57. The molecule has 30 heavy (non-hydrogen) atoms. The van der Waals surface area contributed by atoms with Crippen LogP contribution in [0.2, 0.25) is 0 Å². The highest BCUT2D eigenvalue weighted by Crippen LogP contribution is 2.36. The fourth-order valence-corrected chi connectivity index (χ4v) is 5.11. The maximum atomic E-state index is 12.2. The van der Waals surface area contributed by atoms with Crippen LogP contribution in [0.25, 0.3) is 0 Å². The summed E-state index contributed by atoms with van der Waals surface area (Å²) in [6.45, 7) is 2.23. The molecule has 0 spiro atoms. The van der Waals surface area contributed by atoms with E-state index in [1.807, 2.05) is 16.7 Å². The molecule has 0 aliphatic carbocycles. The van der Waals surface area contributed by atoms with Gasteiger partial charge in [0.25, 0.3) is 11.2 Å². The number of aromatic nitrogens is 1. The van der Waals surface area contributed by atoms with Crippen LogP contribution in [0, 0.1) is 16.0 Å². The van der Waals surface area contributed by atoms with Gasteiger partial charge in [0.1, 0.15) is 4.32 Å². The van der Waals surface area contributed by atoms with E-state index in [1.165, 1.54) is 36.0 Å². The molecule has 1 amide bonds. The van der Waals surface area contributed by atoms with E-state index < -0.39 is 4.92 Å². The molecule has 156 valence electrons. The first-order valence-corrected chi connectivity index (χ1v) is 11.0. The van der Waals surface area contributed by atoms with E-state index in [2.05, 4.69) is 10.2 Å². The molecule has 0 saturated carbocycles. The number of likely N-dealkylation sites (tertiary alicyclic amines) is 1. The lowest BCUT2D eigenvalue weighted by Gasteiger charge is -2.43. The van der Waals surface area contributed by atoms with Crippen LogP contribution in [0.3, 0.4) is 0 Å². The maximum Gasteiger partial charge on any atom is 0.269 e. The van der Waals surface area contributed by atoms with Gasteiger partial charge in [-0.2, -0.15) is 0 Å². The number of amides is 1. The SMILES string of the molecule is O=C(CSC(=S)N1C[C@@H]2C[C@@H](C1)c1cccc(=O)n1C2)Nc1ccc([N+](=O)[O-])cc1. The summed E-state index contributed by atoms with van der Waals surface area (Å²) in [5.41, 5.74) is 1.59. The van der Waals surface area contributed by atoms with Gasteiger partial charge in [0.05, 0.1) is 10.7 Å². The molecule has 8 nitrogen and oxygen atoms in total. The van der Waals surface area contributed by atoms with Crippen molar-refractivity contribution in [2.24, 2.45) is 5.92 Å². The first-order chi connectivity index (χ1) is 14.4. The van der Waals surface area contributed by atoms with Gasteiger partial charge in [-0.05, 0) is 30.5 Å². The Bertz CT molecular complexity index is 1050. The summed E-state index contributed by atoms with van der Waals surface area (Å²) in [6, 6.07) is 11.1. The standard InChI is InChI=1S/C20H20N4O4S2/c25-18(21-15-4-6-16(7-5-15)24(27)28)12-30-20(29)22-9-13-8-14(11-22)17-2-1-3-19(26)23(17)10-13/h1-7,13-14H,8-12H2,(H,21,25)/t13-,14-/m0/s1. The van der Waals surface area contributed by atoms with Crippen molar-refractivity contribution < 1.29 is 9.72 Å². The lowest BCUT2D eigenvalue weighted by molar-refractivity contribution is -0.384. The molecule has 2 aliphatic heterocycles. The van der Waals surface area contributed by atoms with Crippen LogP contribution in [-0.2, 0) is 11.3 Å². The molecule has 0 radical (unpaired) electrons. The maximum absolute atomic E-state index is 12.2.